The lowest BCUT2D eigenvalue weighted by Crippen LogP contribution is -2.37. The minimum atomic E-state index is -0.623. The Morgan fingerprint density at radius 3 is 3.27 bits per heavy atom. The summed E-state index contributed by atoms with van der Waals surface area (Å²) in [6.07, 6.45) is 5.22. The number of anilines is 1. The third-order valence-corrected chi connectivity index (χ3v) is 4.58. The van der Waals surface area contributed by atoms with Crippen molar-refractivity contribution < 1.29 is 14.3 Å². The van der Waals surface area contributed by atoms with Crippen LogP contribution in [-0.2, 0) is 4.79 Å². The Kier molecular flexibility index (Phi) is 4.87. The lowest BCUT2D eigenvalue weighted by atomic mass is 10.1. The summed E-state index contributed by atoms with van der Waals surface area (Å²) < 4.78 is 5.24. The van der Waals surface area contributed by atoms with Gasteiger partial charge in [0.2, 0.25) is 5.91 Å². The van der Waals surface area contributed by atoms with Crippen LogP contribution in [0.2, 0.25) is 0 Å². The zero-order chi connectivity index (χ0) is 15.4. The van der Waals surface area contributed by atoms with E-state index in [1.807, 2.05) is 5.38 Å². The molecule has 22 heavy (non-hydrogen) atoms. The summed E-state index contributed by atoms with van der Waals surface area (Å²) in [5.41, 5.74) is 0. The van der Waals surface area contributed by atoms with Gasteiger partial charge in [-0.25, -0.2) is 4.98 Å². The molecule has 0 saturated carbocycles. The van der Waals surface area contributed by atoms with E-state index in [2.05, 4.69) is 15.2 Å². The van der Waals surface area contributed by atoms with E-state index in [0.717, 1.165) is 19.4 Å². The second kappa shape index (κ2) is 7.04. The maximum Gasteiger partial charge on any atom is 0.240 e. The van der Waals surface area contributed by atoms with Crippen molar-refractivity contribution in [3.05, 3.63) is 35.7 Å². The Balaban J connectivity index is 1.53. The molecule has 2 aromatic heterocycles. The van der Waals surface area contributed by atoms with Crippen molar-refractivity contribution in [2.75, 3.05) is 18.4 Å². The predicted octanol–water partition coefficient (Wildman–Crippen LogP) is 2.26. The second-order valence-electron chi connectivity index (χ2n) is 5.42. The number of aromatic nitrogens is 1. The van der Waals surface area contributed by atoms with E-state index in [9.17, 15) is 9.90 Å². The Morgan fingerprint density at radius 2 is 2.55 bits per heavy atom. The number of thiazole rings is 1. The number of furan rings is 1. The van der Waals surface area contributed by atoms with E-state index in [1.54, 1.807) is 24.6 Å². The average Bonchev–Trinajstić information content (AvgIpc) is 3.21. The topological polar surface area (TPSA) is 78.6 Å². The summed E-state index contributed by atoms with van der Waals surface area (Å²) in [5, 5.41) is 15.4. The van der Waals surface area contributed by atoms with Gasteiger partial charge in [0.25, 0.3) is 0 Å². The van der Waals surface area contributed by atoms with Crippen molar-refractivity contribution in [1.29, 1.82) is 0 Å². The van der Waals surface area contributed by atoms with Crippen LogP contribution in [0.4, 0.5) is 5.13 Å². The zero-order valence-electron chi connectivity index (χ0n) is 12.1. The molecule has 1 amide bonds. The highest BCUT2D eigenvalue weighted by Crippen LogP contribution is 2.27. The second-order valence-corrected chi connectivity index (χ2v) is 6.31. The Morgan fingerprint density at radius 1 is 1.64 bits per heavy atom. The number of nitrogens with one attached hydrogen (secondary N) is 1. The number of hydrogen-bond donors (Lipinski definition) is 2. The van der Waals surface area contributed by atoms with Gasteiger partial charge in [0.15, 0.2) is 5.13 Å². The lowest BCUT2D eigenvalue weighted by molar-refractivity contribution is -0.117. The smallest absolute Gasteiger partial charge is 0.240 e. The summed E-state index contributed by atoms with van der Waals surface area (Å²) in [4.78, 5) is 18.2. The van der Waals surface area contributed by atoms with Gasteiger partial charge in [-0.15, -0.1) is 11.3 Å². The average molecular weight is 321 g/mol. The zero-order valence-corrected chi connectivity index (χ0v) is 13.0. The molecule has 2 unspecified atom stereocenters. The molecule has 2 N–H and O–H groups in total. The van der Waals surface area contributed by atoms with Crippen molar-refractivity contribution in [3.8, 4) is 0 Å². The number of aliphatic hydroxyl groups is 1. The van der Waals surface area contributed by atoms with E-state index >= 15 is 0 Å². The highest BCUT2D eigenvalue weighted by atomic mass is 32.1. The van der Waals surface area contributed by atoms with Crippen molar-refractivity contribution >= 4 is 22.4 Å². The molecule has 118 valence electrons. The van der Waals surface area contributed by atoms with Gasteiger partial charge >= 0.3 is 0 Å². The van der Waals surface area contributed by atoms with Crippen LogP contribution >= 0.6 is 11.3 Å². The SMILES string of the molecule is O=C(CN1CCCC1CC(O)c1ccco1)Nc1nccs1. The largest absolute Gasteiger partial charge is 0.467 e. The fraction of sp³-hybridized carbons (Fsp3) is 0.467. The molecule has 6 nitrogen and oxygen atoms in total. The number of likely N-dealkylation sites (tertiary alicyclic amines) is 1. The van der Waals surface area contributed by atoms with Crippen LogP contribution < -0.4 is 5.32 Å². The first-order valence-corrected chi connectivity index (χ1v) is 8.25. The number of hydrogen-bond acceptors (Lipinski definition) is 6. The van der Waals surface area contributed by atoms with Crippen molar-refractivity contribution in [2.24, 2.45) is 0 Å². The highest BCUT2D eigenvalue weighted by Gasteiger charge is 2.29. The molecular weight excluding hydrogens is 302 g/mol. The first-order chi connectivity index (χ1) is 10.7. The Hall–Kier alpha value is -1.70. The maximum atomic E-state index is 12.1. The highest BCUT2D eigenvalue weighted by molar-refractivity contribution is 7.13. The van der Waals surface area contributed by atoms with E-state index in [1.165, 1.54) is 11.3 Å². The van der Waals surface area contributed by atoms with Gasteiger partial charge < -0.3 is 14.8 Å². The fourth-order valence-corrected chi connectivity index (χ4v) is 3.40. The van der Waals surface area contributed by atoms with Crippen LogP contribution in [0.1, 0.15) is 31.1 Å². The van der Waals surface area contributed by atoms with Gasteiger partial charge in [-0.1, -0.05) is 0 Å². The van der Waals surface area contributed by atoms with Gasteiger partial charge in [0.05, 0.1) is 12.8 Å². The van der Waals surface area contributed by atoms with Gasteiger partial charge in [-0.05, 0) is 37.9 Å². The molecule has 0 radical (unpaired) electrons. The van der Waals surface area contributed by atoms with Gasteiger partial charge in [0, 0.05) is 17.6 Å². The normalized spacial score (nSPS) is 20.1. The molecule has 2 aromatic rings. The minimum absolute atomic E-state index is 0.0608. The van der Waals surface area contributed by atoms with Crippen LogP contribution in [0.25, 0.3) is 0 Å². The molecule has 2 atom stereocenters. The predicted molar refractivity (Wildman–Crippen MR) is 83.6 cm³/mol. The Labute approximate surface area is 132 Å². The first-order valence-electron chi connectivity index (χ1n) is 7.37. The molecule has 0 bridgehead atoms. The summed E-state index contributed by atoms with van der Waals surface area (Å²) >= 11 is 1.40. The molecule has 1 aliphatic rings. The molecule has 3 rings (SSSR count). The third-order valence-electron chi connectivity index (χ3n) is 3.89. The molecule has 0 spiro atoms. The molecule has 1 fully saturated rings. The monoisotopic (exact) mass is 321 g/mol. The summed E-state index contributed by atoms with van der Waals surface area (Å²) in [6.45, 7) is 1.20. The van der Waals surface area contributed by atoms with Gasteiger partial charge in [-0.2, -0.15) is 0 Å². The van der Waals surface area contributed by atoms with E-state index in [-0.39, 0.29) is 11.9 Å². The maximum absolute atomic E-state index is 12.1. The van der Waals surface area contributed by atoms with E-state index in [4.69, 9.17) is 4.42 Å². The summed E-state index contributed by atoms with van der Waals surface area (Å²) in [6, 6.07) is 3.74. The van der Waals surface area contributed by atoms with Crippen molar-refractivity contribution in [3.63, 3.8) is 0 Å². The molecular formula is C15H19N3O3S. The number of aliphatic hydroxyl groups excluding tert-OH is 1. The molecule has 0 aliphatic carbocycles. The standard InChI is InChI=1S/C15H19N3O3S/c19-12(13-4-2-7-21-13)9-11-3-1-6-18(11)10-14(20)17-15-16-5-8-22-15/h2,4-5,7-8,11-12,19H,1,3,6,9-10H2,(H,16,17,20). The van der Waals surface area contributed by atoms with Crippen LogP contribution in [0.15, 0.2) is 34.4 Å². The molecule has 1 saturated heterocycles. The van der Waals surface area contributed by atoms with Crippen LogP contribution in [-0.4, -0.2) is 40.0 Å². The quantitative estimate of drug-likeness (QED) is 0.853. The minimum Gasteiger partial charge on any atom is -0.467 e. The number of amides is 1. The van der Waals surface area contributed by atoms with Crippen LogP contribution in [0.5, 0.6) is 0 Å². The van der Waals surface area contributed by atoms with Crippen molar-refractivity contribution in [1.82, 2.24) is 9.88 Å². The van der Waals surface area contributed by atoms with Crippen LogP contribution in [0.3, 0.4) is 0 Å². The molecule has 3 heterocycles. The van der Waals surface area contributed by atoms with Gasteiger partial charge in [0.1, 0.15) is 11.9 Å². The fourth-order valence-electron chi connectivity index (χ4n) is 2.85. The van der Waals surface area contributed by atoms with Crippen molar-refractivity contribution in [2.45, 2.75) is 31.4 Å². The molecule has 1 aliphatic heterocycles. The number of carbonyl (C=O) groups is 1. The summed E-state index contributed by atoms with van der Waals surface area (Å²) in [5.74, 6) is 0.522. The Bertz CT molecular complexity index is 585. The first kappa shape index (κ1) is 15.2. The van der Waals surface area contributed by atoms with Crippen LogP contribution in [0, 0.1) is 0 Å². The number of nitrogens with zero attached hydrogens (tertiary/aromatic N) is 2. The molecule has 7 heteroatoms. The lowest BCUT2D eigenvalue weighted by Gasteiger charge is -2.25. The number of rotatable bonds is 6. The summed E-state index contributed by atoms with van der Waals surface area (Å²) in [7, 11) is 0. The van der Waals surface area contributed by atoms with Gasteiger partial charge in [-0.3, -0.25) is 9.69 Å². The third kappa shape index (κ3) is 3.73. The van der Waals surface area contributed by atoms with E-state index in [0.29, 0.717) is 23.9 Å². The van der Waals surface area contributed by atoms with E-state index < -0.39 is 6.10 Å². The molecule has 0 aromatic carbocycles. The number of carbonyl (C=O) groups excluding carboxylic acids is 1.